The summed E-state index contributed by atoms with van der Waals surface area (Å²) in [7, 11) is 0. The number of nitrogens with zero attached hydrogens (tertiary/aromatic N) is 6. The number of piperazine rings is 1. The number of hydrogen-bond acceptors (Lipinski definition) is 7. The Bertz CT molecular complexity index is 1130. The van der Waals surface area contributed by atoms with E-state index in [0.29, 0.717) is 30.6 Å². The fraction of sp³-hybridized carbons (Fsp3) is 0.667. The Morgan fingerprint density at radius 3 is 2.66 bits per heavy atom. The maximum absolute atomic E-state index is 11.2. The molecule has 1 unspecified atom stereocenters. The molecule has 0 aromatic carbocycles. The lowest BCUT2D eigenvalue weighted by Crippen LogP contribution is -2.59. The second-order valence-corrected chi connectivity index (χ2v) is 11.4. The molecule has 3 aliphatic rings. The molecule has 1 saturated carbocycles. The fourth-order valence-electron chi connectivity index (χ4n) is 5.68. The van der Waals surface area contributed by atoms with E-state index in [9.17, 15) is 10.4 Å². The highest BCUT2D eigenvalue weighted by Gasteiger charge is 2.39. The number of nitriles is 1. The molecule has 1 N–H and O–H groups in total. The van der Waals surface area contributed by atoms with Crippen LogP contribution in [0.4, 0.5) is 5.82 Å². The maximum Gasteiger partial charge on any atom is 0.147 e. The van der Waals surface area contributed by atoms with E-state index >= 15 is 0 Å². The first-order chi connectivity index (χ1) is 16.7. The predicted molar refractivity (Wildman–Crippen MR) is 134 cm³/mol. The van der Waals surface area contributed by atoms with E-state index in [4.69, 9.17) is 9.72 Å². The van der Waals surface area contributed by atoms with Crippen molar-refractivity contribution in [3.8, 4) is 6.07 Å². The fourth-order valence-corrected chi connectivity index (χ4v) is 5.68. The van der Waals surface area contributed by atoms with Gasteiger partial charge >= 0.3 is 0 Å². The van der Waals surface area contributed by atoms with Crippen molar-refractivity contribution in [2.24, 2.45) is 5.92 Å². The van der Waals surface area contributed by atoms with Crippen LogP contribution in [0.2, 0.25) is 0 Å². The standard InChI is InChI=1S/C27H38N6O2/c1-17(2)23-14-32(10-11-33(23)24(34)15-31-9-8-29-18(31)3)26-21(13-28)20-12-27(4,5)35-16-22(20)25(30-26)19-6-7-19/h8-9,17,19,23-24,34H,6-7,10-12,14-16H2,1-5H3/t23-,24?/m0/s1. The van der Waals surface area contributed by atoms with E-state index in [2.05, 4.69) is 48.5 Å². The number of anilines is 1. The van der Waals surface area contributed by atoms with Gasteiger partial charge in [-0.05, 0) is 45.1 Å². The third-order valence-corrected chi connectivity index (χ3v) is 7.91. The summed E-state index contributed by atoms with van der Waals surface area (Å²) in [4.78, 5) is 14.0. The lowest BCUT2D eigenvalue weighted by atomic mass is 9.87. The molecule has 1 saturated heterocycles. The molecule has 0 spiro atoms. The van der Waals surface area contributed by atoms with E-state index in [1.165, 1.54) is 0 Å². The largest absolute Gasteiger partial charge is 0.376 e. The molecule has 5 rings (SSSR count). The minimum atomic E-state index is -0.593. The van der Waals surface area contributed by atoms with Crippen molar-refractivity contribution in [1.82, 2.24) is 19.4 Å². The maximum atomic E-state index is 11.2. The molecule has 2 aromatic heterocycles. The summed E-state index contributed by atoms with van der Waals surface area (Å²) in [5.74, 6) is 2.56. The van der Waals surface area contributed by atoms with Gasteiger partial charge in [-0.15, -0.1) is 0 Å². The molecular formula is C27H38N6O2. The number of rotatable bonds is 6. The second kappa shape index (κ2) is 9.20. The number of aryl methyl sites for hydroxylation is 1. The van der Waals surface area contributed by atoms with Crippen LogP contribution in [0.3, 0.4) is 0 Å². The van der Waals surface area contributed by atoms with Crippen molar-refractivity contribution in [3.05, 3.63) is 40.6 Å². The van der Waals surface area contributed by atoms with Gasteiger partial charge in [-0.3, -0.25) is 4.90 Å². The molecule has 1 aliphatic carbocycles. The van der Waals surface area contributed by atoms with Crippen molar-refractivity contribution in [3.63, 3.8) is 0 Å². The molecule has 35 heavy (non-hydrogen) atoms. The lowest BCUT2D eigenvalue weighted by Gasteiger charge is -2.46. The smallest absolute Gasteiger partial charge is 0.147 e. The number of fused-ring (bicyclic) bond motifs is 1. The molecule has 2 fully saturated rings. The highest BCUT2D eigenvalue weighted by molar-refractivity contribution is 5.62. The second-order valence-electron chi connectivity index (χ2n) is 11.4. The number of ether oxygens (including phenoxy) is 1. The topological polar surface area (TPSA) is 90.4 Å². The van der Waals surface area contributed by atoms with Gasteiger partial charge in [-0.25, -0.2) is 9.97 Å². The van der Waals surface area contributed by atoms with E-state index in [0.717, 1.165) is 67.4 Å². The summed E-state index contributed by atoms with van der Waals surface area (Å²) < 4.78 is 8.13. The first kappa shape index (κ1) is 24.2. The van der Waals surface area contributed by atoms with Gasteiger partial charge in [0.25, 0.3) is 0 Å². The van der Waals surface area contributed by atoms with Gasteiger partial charge in [0.15, 0.2) is 0 Å². The Kier molecular flexibility index (Phi) is 6.37. The Morgan fingerprint density at radius 2 is 2.03 bits per heavy atom. The third kappa shape index (κ3) is 4.69. The average molecular weight is 479 g/mol. The number of aliphatic hydroxyl groups is 1. The number of pyridine rings is 1. The van der Waals surface area contributed by atoms with Crippen LogP contribution >= 0.6 is 0 Å². The SMILES string of the molecule is Cc1nccn1CC(O)N1CCN(c2nc(C3CC3)c3c(c2C#N)CC(C)(C)OC3)C[C@H]1C(C)C. The van der Waals surface area contributed by atoms with E-state index < -0.39 is 6.23 Å². The number of imidazole rings is 1. The van der Waals surface area contributed by atoms with Crippen LogP contribution in [0.15, 0.2) is 12.4 Å². The molecule has 2 atom stereocenters. The minimum Gasteiger partial charge on any atom is -0.376 e. The minimum absolute atomic E-state index is 0.149. The normalized spacial score (nSPS) is 23.3. The van der Waals surface area contributed by atoms with Crippen LogP contribution in [0.5, 0.6) is 0 Å². The van der Waals surface area contributed by atoms with Gasteiger partial charge in [0, 0.05) is 56.0 Å². The van der Waals surface area contributed by atoms with Crippen LogP contribution in [0.25, 0.3) is 0 Å². The summed E-state index contributed by atoms with van der Waals surface area (Å²) >= 11 is 0. The van der Waals surface area contributed by atoms with Crippen molar-refractivity contribution < 1.29 is 9.84 Å². The first-order valence-electron chi connectivity index (χ1n) is 12.9. The molecule has 188 valence electrons. The molecule has 8 heteroatoms. The average Bonchev–Trinajstić information content (AvgIpc) is 3.59. The summed E-state index contributed by atoms with van der Waals surface area (Å²) in [6.07, 6.45) is 6.16. The summed E-state index contributed by atoms with van der Waals surface area (Å²) in [6, 6.07) is 2.68. The molecule has 4 heterocycles. The highest BCUT2D eigenvalue weighted by atomic mass is 16.5. The van der Waals surface area contributed by atoms with Gasteiger partial charge in [-0.1, -0.05) is 13.8 Å². The van der Waals surface area contributed by atoms with E-state index in [1.54, 1.807) is 6.20 Å². The zero-order valence-corrected chi connectivity index (χ0v) is 21.7. The molecular weight excluding hydrogens is 440 g/mol. The van der Waals surface area contributed by atoms with Gasteiger partial charge < -0.3 is 19.3 Å². The zero-order valence-electron chi connectivity index (χ0n) is 21.7. The monoisotopic (exact) mass is 478 g/mol. The molecule has 2 aromatic rings. The summed E-state index contributed by atoms with van der Waals surface area (Å²) in [6.45, 7) is 13.8. The zero-order chi connectivity index (χ0) is 24.9. The first-order valence-corrected chi connectivity index (χ1v) is 12.9. The highest BCUT2D eigenvalue weighted by Crippen LogP contribution is 2.46. The van der Waals surface area contributed by atoms with E-state index in [1.807, 2.05) is 17.7 Å². The van der Waals surface area contributed by atoms with Gasteiger partial charge in [-0.2, -0.15) is 5.26 Å². The molecule has 2 aliphatic heterocycles. The lowest BCUT2D eigenvalue weighted by molar-refractivity contribution is -0.0521. The summed E-state index contributed by atoms with van der Waals surface area (Å²) in [5, 5.41) is 21.5. The van der Waals surface area contributed by atoms with Gasteiger partial charge in [0.05, 0.1) is 30.0 Å². The molecule has 0 bridgehead atoms. The van der Waals surface area contributed by atoms with Gasteiger partial charge in [0.1, 0.15) is 23.9 Å². The van der Waals surface area contributed by atoms with Crippen LogP contribution < -0.4 is 4.90 Å². The van der Waals surface area contributed by atoms with Crippen molar-refractivity contribution in [2.75, 3.05) is 24.5 Å². The van der Waals surface area contributed by atoms with Crippen LogP contribution in [0, 0.1) is 24.2 Å². The van der Waals surface area contributed by atoms with Crippen molar-refractivity contribution in [2.45, 2.75) is 90.8 Å². The predicted octanol–water partition coefficient (Wildman–Crippen LogP) is 3.35. The quantitative estimate of drug-likeness (QED) is 0.681. The Labute approximate surface area is 208 Å². The Hall–Kier alpha value is -2.47. The van der Waals surface area contributed by atoms with Crippen LogP contribution in [-0.2, 0) is 24.3 Å². The Balaban J connectivity index is 1.45. The summed E-state index contributed by atoms with van der Waals surface area (Å²) in [5.41, 5.74) is 3.86. The number of hydrogen-bond donors (Lipinski definition) is 1. The van der Waals surface area contributed by atoms with Crippen molar-refractivity contribution in [1.29, 1.82) is 5.26 Å². The van der Waals surface area contributed by atoms with Gasteiger partial charge in [0.2, 0.25) is 0 Å². The number of aliphatic hydroxyl groups excluding tert-OH is 1. The molecule has 0 amide bonds. The molecule has 8 nitrogen and oxygen atoms in total. The third-order valence-electron chi connectivity index (χ3n) is 7.91. The van der Waals surface area contributed by atoms with Crippen LogP contribution in [-0.4, -0.2) is 62.0 Å². The Morgan fingerprint density at radius 1 is 1.26 bits per heavy atom. The van der Waals surface area contributed by atoms with E-state index in [-0.39, 0.29) is 11.6 Å². The van der Waals surface area contributed by atoms with Crippen molar-refractivity contribution >= 4 is 5.82 Å². The number of aromatic nitrogens is 3. The molecule has 0 radical (unpaired) electrons. The van der Waals surface area contributed by atoms with Crippen LogP contribution in [0.1, 0.15) is 74.7 Å².